The van der Waals surface area contributed by atoms with Gasteiger partial charge in [-0.3, -0.25) is 9.59 Å². The van der Waals surface area contributed by atoms with Crippen molar-refractivity contribution in [3.63, 3.8) is 0 Å². The average molecular weight is 271 g/mol. The summed E-state index contributed by atoms with van der Waals surface area (Å²) in [5, 5.41) is 2.77. The molecule has 1 aromatic carbocycles. The zero-order chi connectivity index (χ0) is 12.8. The molecule has 0 aromatic heterocycles. The Morgan fingerprint density at radius 3 is 2.33 bits per heavy atom. The number of halogens is 1. The van der Waals surface area contributed by atoms with Gasteiger partial charge in [0.1, 0.15) is 0 Å². The lowest BCUT2D eigenvalue weighted by molar-refractivity contribution is 0.0934. The summed E-state index contributed by atoms with van der Waals surface area (Å²) in [5.74, 6) is -0.109. The van der Waals surface area contributed by atoms with Crippen LogP contribution in [0.5, 0.6) is 0 Å². The molecule has 1 rings (SSSR count). The monoisotopic (exact) mass is 270 g/mol. The van der Waals surface area contributed by atoms with Crippen LogP contribution in [0.2, 0.25) is 0 Å². The van der Waals surface area contributed by atoms with Gasteiger partial charge in [0.2, 0.25) is 0 Å². The minimum atomic E-state index is -0.226. The van der Waals surface area contributed by atoms with Crippen LogP contribution in [-0.2, 0) is 0 Å². The van der Waals surface area contributed by atoms with Gasteiger partial charge in [-0.15, -0.1) is 12.4 Å². The minimum absolute atomic E-state index is 0. The van der Waals surface area contributed by atoms with E-state index < -0.39 is 0 Å². The second-order valence-corrected chi connectivity index (χ2v) is 4.15. The van der Waals surface area contributed by atoms with Crippen molar-refractivity contribution in [3.05, 3.63) is 35.4 Å². The van der Waals surface area contributed by atoms with Gasteiger partial charge in [0.25, 0.3) is 5.91 Å². The van der Waals surface area contributed by atoms with E-state index in [1.165, 1.54) is 6.92 Å². The molecule has 3 N–H and O–H groups in total. The highest BCUT2D eigenvalue weighted by molar-refractivity contribution is 6.07. The summed E-state index contributed by atoms with van der Waals surface area (Å²) in [6, 6.07) is 6.80. The molecular weight excluding hydrogens is 252 g/mol. The molecular formula is C13H19ClN2O2. The Morgan fingerprint density at radius 1 is 1.28 bits per heavy atom. The van der Waals surface area contributed by atoms with Crippen LogP contribution in [0.4, 0.5) is 0 Å². The van der Waals surface area contributed by atoms with Crippen molar-refractivity contribution in [2.75, 3.05) is 13.1 Å². The first kappa shape index (κ1) is 16.6. The minimum Gasteiger partial charge on any atom is -0.352 e. The lowest BCUT2D eigenvalue weighted by Gasteiger charge is -2.11. The summed E-state index contributed by atoms with van der Waals surface area (Å²) >= 11 is 0. The Kier molecular flexibility index (Phi) is 7.24. The third-order valence-corrected chi connectivity index (χ3v) is 2.56. The van der Waals surface area contributed by atoms with Crippen molar-refractivity contribution in [3.8, 4) is 0 Å². The van der Waals surface area contributed by atoms with Gasteiger partial charge in [-0.25, -0.2) is 0 Å². The fourth-order valence-electron chi connectivity index (χ4n) is 1.43. The van der Waals surface area contributed by atoms with Crippen molar-refractivity contribution in [2.45, 2.75) is 13.8 Å². The summed E-state index contributed by atoms with van der Waals surface area (Å²) in [5.41, 5.74) is 6.34. The van der Waals surface area contributed by atoms with Crippen molar-refractivity contribution in [2.24, 2.45) is 11.7 Å². The number of nitrogens with one attached hydrogen (secondary N) is 1. The molecule has 1 amide bonds. The SMILES string of the molecule is CC(=O)c1ccccc1C(=O)NCC(C)CN.Cl. The highest BCUT2D eigenvalue weighted by atomic mass is 35.5. The Morgan fingerprint density at radius 2 is 1.83 bits per heavy atom. The van der Waals surface area contributed by atoms with Crippen LogP contribution in [-0.4, -0.2) is 24.8 Å². The molecule has 0 heterocycles. The maximum absolute atomic E-state index is 11.9. The number of hydrogen-bond donors (Lipinski definition) is 2. The van der Waals surface area contributed by atoms with Crippen LogP contribution in [0.3, 0.4) is 0 Å². The molecule has 1 unspecified atom stereocenters. The van der Waals surface area contributed by atoms with Gasteiger partial charge in [0.05, 0.1) is 5.56 Å². The molecule has 0 aliphatic rings. The largest absolute Gasteiger partial charge is 0.352 e. The highest BCUT2D eigenvalue weighted by Crippen LogP contribution is 2.09. The van der Waals surface area contributed by atoms with Gasteiger partial charge in [0.15, 0.2) is 5.78 Å². The first-order valence-electron chi connectivity index (χ1n) is 5.64. The van der Waals surface area contributed by atoms with Gasteiger partial charge in [-0.05, 0) is 25.5 Å². The molecule has 5 heteroatoms. The van der Waals surface area contributed by atoms with E-state index >= 15 is 0 Å². The van der Waals surface area contributed by atoms with Crippen molar-refractivity contribution < 1.29 is 9.59 Å². The van der Waals surface area contributed by atoms with Crippen LogP contribution in [0, 0.1) is 5.92 Å². The summed E-state index contributed by atoms with van der Waals surface area (Å²) in [6.45, 7) is 4.45. The number of ketones is 1. The molecule has 100 valence electrons. The van der Waals surface area contributed by atoms with E-state index in [9.17, 15) is 9.59 Å². The van der Waals surface area contributed by atoms with E-state index in [1.807, 2.05) is 6.92 Å². The molecule has 0 aliphatic carbocycles. The van der Waals surface area contributed by atoms with Crippen LogP contribution in [0.1, 0.15) is 34.6 Å². The topological polar surface area (TPSA) is 72.2 Å². The van der Waals surface area contributed by atoms with E-state index in [-0.39, 0.29) is 30.0 Å². The van der Waals surface area contributed by atoms with Crippen LogP contribution in [0.25, 0.3) is 0 Å². The number of hydrogen-bond acceptors (Lipinski definition) is 3. The molecule has 1 aromatic rings. The number of carbonyl (C=O) groups is 2. The van der Waals surface area contributed by atoms with Crippen LogP contribution < -0.4 is 11.1 Å². The van der Waals surface area contributed by atoms with E-state index in [2.05, 4.69) is 5.32 Å². The maximum atomic E-state index is 11.9. The number of carbonyl (C=O) groups excluding carboxylic acids is 2. The fraction of sp³-hybridized carbons (Fsp3) is 0.385. The molecule has 1 atom stereocenters. The van der Waals surface area contributed by atoms with Crippen molar-refractivity contribution in [1.29, 1.82) is 0 Å². The third-order valence-electron chi connectivity index (χ3n) is 2.56. The first-order valence-corrected chi connectivity index (χ1v) is 5.64. The Hall–Kier alpha value is -1.39. The first-order chi connectivity index (χ1) is 8.06. The second-order valence-electron chi connectivity index (χ2n) is 4.15. The zero-order valence-corrected chi connectivity index (χ0v) is 11.4. The van der Waals surface area contributed by atoms with Crippen molar-refractivity contribution >= 4 is 24.1 Å². The molecule has 18 heavy (non-hydrogen) atoms. The molecule has 0 aliphatic heterocycles. The number of rotatable bonds is 5. The van der Waals surface area contributed by atoms with Gasteiger partial charge < -0.3 is 11.1 Å². The predicted octanol–water partition coefficient (Wildman–Crippen LogP) is 1.64. The summed E-state index contributed by atoms with van der Waals surface area (Å²) < 4.78 is 0. The van der Waals surface area contributed by atoms with Crippen LogP contribution in [0.15, 0.2) is 24.3 Å². The molecule has 0 spiro atoms. The molecule has 0 radical (unpaired) electrons. The Bertz CT molecular complexity index is 421. The summed E-state index contributed by atoms with van der Waals surface area (Å²) in [7, 11) is 0. The third kappa shape index (κ3) is 4.47. The highest BCUT2D eigenvalue weighted by Gasteiger charge is 2.13. The Labute approximate surface area is 113 Å². The number of Topliss-reactive ketones (excluding diaryl/α,β-unsaturated/α-hetero) is 1. The number of benzene rings is 1. The van der Waals surface area contributed by atoms with Gasteiger partial charge in [-0.2, -0.15) is 0 Å². The quantitative estimate of drug-likeness (QED) is 0.799. The van der Waals surface area contributed by atoms with Gasteiger partial charge in [0, 0.05) is 12.1 Å². The lowest BCUT2D eigenvalue weighted by atomic mass is 10.0. The summed E-state index contributed by atoms with van der Waals surface area (Å²) in [6.07, 6.45) is 0. The molecule has 4 nitrogen and oxygen atoms in total. The van der Waals surface area contributed by atoms with E-state index in [0.717, 1.165) is 0 Å². The summed E-state index contributed by atoms with van der Waals surface area (Å²) in [4.78, 5) is 23.3. The van der Waals surface area contributed by atoms with Gasteiger partial charge in [-0.1, -0.05) is 25.1 Å². The fourth-order valence-corrected chi connectivity index (χ4v) is 1.43. The Balaban J connectivity index is 0.00000289. The van der Waals surface area contributed by atoms with Crippen molar-refractivity contribution in [1.82, 2.24) is 5.32 Å². The molecule has 0 fully saturated rings. The maximum Gasteiger partial charge on any atom is 0.252 e. The van der Waals surface area contributed by atoms with Gasteiger partial charge >= 0.3 is 0 Å². The number of amides is 1. The zero-order valence-electron chi connectivity index (χ0n) is 10.6. The normalized spacial score (nSPS) is 11.3. The van der Waals surface area contributed by atoms with E-state index in [4.69, 9.17) is 5.73 Å². The average Bonchev–Trinajstić information content (AvgIpc) is 2.35. The number of nitrogens with two attached hydrogens (primary N) is 1. The standard InChI is InChI=1S/C13H18N2O2.ClH/c1-9(7-14)8-15-13(17)12-6-4-3-5-11(12)10(2)16;/h3-6,9H,7-8,14H2,1-2H3,(H,15,17);1H. The van der Waals surface area contributed by atoms with Crippen LogP contribution >= 0.6 is 12.4 Å². The molecule has 0 bridgehead atoms. The molecule has 0 saturated carbocycles. The second kappa shape index (κ2) is 7.84. The molecule has 0 saturated heterocycles. The van der Waals surface area contributed by atoms with E-state index in [0.29, 0.717) is 24.2 Å². The lowest BCUT2D eigenvalue weighted by Crippen LogP contribution is -2.32. The van der Waals surface area contributed by atoms with E-state index in [1.54, 1.807) is 24.3 Å². The predicted molar refractivity (Wildman–Crippen MR) is 74.2 cm³/mol. The smallest absolute Gasteiger partial charge is 0.252 e.